The van der Waals surface area contributed by atoms with Crippen molar-refractivity contribution in [3.63, 3.8) is 0 Å². The number of carbonyl (C=O) groups is 1. The third kappa shape index (κ3) is 38.2. The number of ether oxygens (including phenoxy) is 1. The van der Waals surface area contributed by atoms with Crippen LogP contribution in [0, 0.1) is 0 Å². The van der Waals surface area contributed by atoms with Crippen LogP contribution in [0.4, 0.5) is 0 Å². The van der Waals surface area contributed by atoms with Crippen LogP contribution in [0.2, 0.25) is 0 Å². The van der Waals surface area contributed by atoms with Gasteiger partial charge in [-0.1, -0.05) is 11.8 Å². The molecule has 0 heterocycles. The molecule has 0 saturated heterocycles. The quantitative estimate of drug-likeness (QED) is 0.314. The second-order valence-electron chi connectivity index (χ2n) is 1.85. The first kappa shape index (κ1) is 26.8. The van der Waals surface area contributed by atoms with Crippen molar-refractivity contribution >= 4 is 51.7 Å². The number of isocyanates is 1. The van der Waals surface area contributed by atoms with Gasteiger partial charge in [-0.05, 0) is 0 Å². The lowest BCUT2D eigenvalue weighted by Gasteiger charge is -1.92. The maximum absolute atomic E-state index is 10.1. The highest BCUT2D eigenvalue weighted by Crippen LogP contribution is 1.95. The highest BCUT2D eigenvalue weighted by molar-refractivity contribution is 8.14. The van der Waals surface area contributed by atoms with Gasteiger partial charge in [0.25, 0.3) is 6.08 Å². The van der Waals surface area contributed by atoms with Crippen molar-refractivity contribution in [3.05, 3.63) is 0 Å². The lowest BCUT2D eigenvalue weighted by Crippen LogP contribution is -2.12. The van der Waals surface area contributed by atoms with Gasteiger partial charge in [0, 0.05) is 28.5 Å². The van der Waals surface area contributed by atoms with E-state index in [1.165, 1.54) is 0 Å². The number of hydrogen-bond donors (Lipinski definition) is 1. The SMILES string of the molecule is C.CO.COC(=O)CS(=O)(=O)Cl.O=C=NS(=O)(=O)Cl. The Balaban J connectivity index is -0.000000102. The Bertz CT molecular complexity index is 479. The molecule has 0 aromatic heterocycles. The van der Waals surface area contributed by atoms with Gasteiger partial charge in [0.2, 0.25) is 9.05 Å². The number of nitrogens with zero attached hydrogens (tertiary/aromatic N) is 1. The van der Waals surface area contributed by atoms with Crippen molar-refractivity contribution in [2.45, 2.75) is 7.43 Å². The molecule has 0 rings (SSSR count). The minimum absolute atomic E-state index is 0. The molecule has 0 aliphatic rings. The van der Waals surface area contributed by atoms with Gasteiger partial charge in [-0.3, -0.25) is 4.79 Å². The molecule has 0 spiro atoms. The lowest BCUT2D eigenvalue weighted by atomic mass is 10.8. The van der Waals surface area contributed by atoms with Crippen LogP contribution in [0.1, 0.15) is 7.43 Å². The number of halogens is 2. The molecule has 0 atom stereocenters. The number of hydrogen-bond acceptors (Lipinski definition) is 8. The molecule has 13 heteroatoms. The number of rotatable bonds is 3. The first-order valence-electron chi connectivity index (χ1n) is 3.49. The average molecular weight is 362 g/mol. The molecular formula is C6H13Cl2NO8S2. The molecule has 0 bridgehead atoms. The molecule has 0 radical (unpaired) electrons. The summed E-state index contributed by atoms with van der Waals surface area (Å²) in [5, 5.41) is 7.00. The van der Waals surface area contributed by atoms with E-state index in [2.05, 4.69) is 30.5 Å². The summed E-state index contributed by atoms with van der Waals surface area (Å²) in [5.74, 6) is -1.63. The molecule has 0 aromatic rings. The normalized spacial score (nSPS) is 9.11. The van der Waals surface area contributed by atoms with Crippen LogP contribution in [0.25, 0.3) is 0 Å². The molecule has 19 heavy (non-hydrogen) atoms. The fourth-order valence-electron chi connectivity index (χ4n) is 0.244. The monoisotopic (exact) mass is 361 g/mol. The zero-order valence-corrected chi connectivity index (χ0v) is 12.2. The van der Waals surface area contributed by atoms with Crippen LogP contribution in [0.5, 0.6) is 0 Å². The highest BCUT2D eigenvalue weighted by atomic mass is 35.7. The summed E-state index contributed by atoms with van der Waals surface area (Å²) in [6, 6.07) is 0. The molecule has 0 aliphatic heterocycles. The molecular weight excluding hydrogens is 349 g/mol. The summed E-state index contributed by atoms with van der Waals surface area (Å²) in [5.41, 5.74) is 0. The molecule has 9 nitrogen and oxygen atoms in total. The minimum atomic E-state index is -4.00. The van der Waals surface area contributed by atoms with E-state index in [0.29, 0.717) is 0 Å². The van der Waals surface area contributed by atoms with E-state index in [9.17, 15) is 21.6 Å². The highest BCUT2D eigenvalue weighted by Gasteiger charge is 2.12. The summed E-state index contributed by atoms with van der Waals surface area (Å²) in [4.78, 5) is 19.2. The lowest BCUT2D eigenvalue weighted by molar-refractivity contribution is -0.137. The molecule has 0 aliphatic carbocycles. The third-order valence-electron chi connectivity index (χ3n) is 0.664. The van der Waals surface area contributed by atoms with Crippen molar-refractivity contribution in [3.8, 4) is 0 Å². The van der Waals surface area contributed by atoms with Gasteiger partial charge in [-0.25, -0.2) is 13.2 Å². The van der Waals surface area contributed by atoms with Gasteiger partial charge in [0.1, 0.15) is 0 Å². The fourth-order valence-corrected chi connectivity index (χ4v) is 1.08. The van der Waals surface area contributed by atoms with Crippen LogP contribution >= 0.6 is 21.4 Å². The summed E-state index contributed by atoms with van der Waals surface area (Å²) >= 11 is 0. The van der Waals surface area contributed by atoms with Crippen molar-refractivity contribution < 1.29 is 36.3 Å². The van der Waals surface area contributed by atoms with Gasteiger partial charge < -0.3 is 9.84 Å². The zero-order valence-electron chi connectivity index (χ0n) is 9.03. The van der Waals surface area contributed by atoms with E-state index in [-0.39, 0.29) is 7.43 Å². The topological polar surface area (TPSA) is 144 Å². The van der Waals surface area contributed by atoms with Crippen LogP contribution in [0.3, 0.4) is 0 Å². The molecule has 0 amide bonds. The minimum Gasteiger partial charge on any atom is -0.468 e. The number of carbonyl (C=O) groups excluding carboxylic acids is 2. The molecule has 0 aromatic carbocycles. The van der Waals surface area contributed by atoms with E-state index < -0.39 is 30.0 Å². The Morgan fingerprint density at radius 1 is 1.26 bits per heavy atom. The smallest absolute Gasteiger partial charge is 0.350 e. The number of aliphatic hydroxyl groups excluding tert-OH is 1. The number of methoxy groups -OCH3 is 1. The van der Waals surface area contributed by atoms with Gasteiger partial charge in [0.05, 0.1) is 7.11 Å². The summed E-state index contributed by atoms with van der Waals surface area (Å²) in [7, 11) is 3.40. The van der Waals surface area contributed by atoms with Crippen LogP contribution in [-0.2, 0) is 32.6 Å². The average Bonchev–Trinajstić information content (AvgIpc) is 2.17. The van der Waals surface area contributed by atoms with Crippen molar-refractivity contribution in [2.24, 2.45) is 4.40 Å². The molecule has 1 N–H and O–H groups in total. The molecule has 0 saturated carbocycles. The Morgan fingerprint density at radius 3 is 1.68 bits per heavy atom. The van der Waals surface area contributed by atoms with E-state index >= 15 is 0 Å². The summed E-state index contributed by atoms with van der Waals surface area (Å²) < 4.78 is 45.5. The second-order valence-corrected chi connectivity index (χ2v) is 6.81. The largest absolute Gasteiger partial charge is 0.468 e. The zero-order chi connectivity index (χ0) is 15.4. The van der Waals surface area contributed by atoms with Gasteiger partial charge >= 0.3 is 15.2 Å². The van der Waals surface area contributed by atoms with Crippen LogP contribution in [0.15, 0.2) is 4.40 Å². The predicted octanol–water partition coefficient (Wildman–Crippen LogP) is -0.222. The van der Waals surface area contributed by atoms with E-state index in [4.69, 9.17) is 9.90 Å². The first-order valence-corrected chi connectivity index (χ1v) is 8.24. The van der Waals surface area contributed by atoms with Gasteiger partial charge in [-0.15, -0.1) is 0 Å². The fraction of sp³-hybridized carbons (Fsp3) is 0.667. The van der Waals surface area contributed by atoms with Crippen molar-refractivity contribution in [1.29, 1.82) is 0 Å². The Labute approximate surface area is 120 Å². The van der Waals surface area contributed by atoms with Crippen molar-refractivity contribution in [1.82, 2.24) is 0 Å². The van der Waals surface area contributed by atoms with E-state index in [0.717, 1.165) is 20.3 Å². The van der Waals surface area contributed by atoms with Gasteiger partial charge in [-0.2, -0.15) is 8.42 Å². The Kier molecular flexibility index (Phi) is 19.3. The molecule has 0 unspecified atom stereocenters. The first-order chi connectivity index (χ1) is 8.02. The maximum Gasteiger partial charge on any atom is 0.350 e. The van der Waals surface area contributed by atoms with Crippen LogP contribution in [-0.4, -0.2) is 54.0 Å². The molecule has 0 fully saturated rings. The molecule has 116 valence electrons. The third-order valence-corrected chi connectivity index (χ3v) is 2.07. The van der Waals surface area contributed by atoms with Crippen LogP contribution < -0.4 is 0 Å². The summed E-state index contributed by atoms with van der Waals surface area (Å²) in [6.45, 7) is 0. The van der Waals surface area contributed by atoms with Crippen molar-refractivity contribution in [2.75, 3.05) is 20.0 Å². The van der Waals surface area contributed by atoms with E-state index in [1.54, 1.807) is 0 Å². The number of aliphatic hydroxyl groups is 1. The Hall–Kier alpha value is -0.710. The second kappa shape index (κ2) is 13.7. The standard InChI is InChI=1S/C3H5ClO4S.CClNO3S.CH4O.CH4/c1-8-3(5)2-9(4,6)7;2-7(5,6)3-1-4;1-2;/h2H2,1H3;;2H,1H3;1H4. The maximum atomic E-state index is 10.1. The van der Waals surface area contributed by atoms with Gasteiger partial charge in [0.15, 0.2) is 5.75 Å². The summed E-state index contributed by atoms with van der Waals surface area (Å²) in [6.07, 6.45) is 0.763. The predicted molar refractivity (Wildman–Crippen MR) is 69.4 cm³/mol. The van der Waals surface area contributed by atoms with E-state index in [1.807, 2.05) is 0 Å². The number of esters is 1. The Morgan fingerprint density at radius 2 is 1.63 bits per heavy atom.